The van der Waals surface area contributed by atoms with E-state index in [2.05, 4.69) is 15.5 Å². The maximum Gasteiger partial charge on any atom is 0.157 e. The molecule has 3 N–H and O–H groups in total. The number of hydrazine groups is 1. The van der Waals surface area contributed by atoms with Crippen molar-refractivity contribution >= 4 is 11.5 Å². The summed E-state index contributed by atoms with van der Waals surface area (Å²) in [5.74, 6) is 6.51. The third kappa shape index (κ3) is 1.28. The van der Waals surface area contributed by atoms with E-state index in [0.717, 1.165) is 30.0 Å². The minimum atomic E-state index is 0.881. The molecular formula is C11H15N5. The molecule has 3 rings (SSSR count). The van der Waals surface area contributed by atoms with Gasteiger partial charge in [-0.1, -0.05) is 0 Å². The molecule has 84 valence electrons. The summed E-state index contributed by atoms with van der Waals surface area (Å²) in [6.45, 7) is 1.97. The summed E-state index contributed by atoms with van der Waals surface area (Å²) in [7, 11) is 0. The van der Waals surface area contributed by atoms with Crippen LogP contribution in [0.3, 0.4) is 0 Å². The highest BCUT2D eigenvalue weighted by molar-refractivity contribution is 5.56. The zero-order valence-electron chi connectivity index (χ0n) is 9.32. The SMILES string of the molecule is Cc1cc2nc3c(c(NN)n2n1)CCCC3. The fourth-order valence-corrected chi connectivity index (χ4v) is 2.41. The second-order valence-corrected chi connectivity index (χ2v) is 4.29. The van der Waals surface area contributed by atoms with Crippen molar-refractivity contribution in [1.29, 1.82) is 0 Å². The van der Waals surface area contributed by atoms with Crippen LogP contribution in [0.4, 0.5) is 5.82 Å². The van der Waals surface area contributed by atoms with Crippen molar-refractivity contribution < 1.29 is 0 Å². The molecule has 5 nitrogen and oxygen atoms in total. The molecule has 0 aromatic carbocycles. The molecule has 0 bridgehead atoms. The van der Waals surface area contributed by atoms with E-state index in [1.165, 1.54) is 24.1 Å². The summed E-state index contributed by atoms with van der Waals surface area (Å²) in [6.07, 6.45) is 4.50. The maximum atomic E-state index is 5.61. The highest BCUT2D eigenvalue weighted by atomic mass is 15.4. The number of nitrogen functional groups attached to an aromatic ring is 1. The standard InChI is InChI=1S/C11H15N5/c1-7-6-10-13-9-5-3-2-4-8(9)11(14-12)16(10)15-7/h6,14H,2-5,12H2,1H3. The molecule has 5 heteroatoms. The summed E-state index contributed by atoms with van der Waals surface area (Å²) >= 11 is 0. The normalized spacial score (nSPS) is 15.1. The molecule has 2 aromatic heterocycles. The summed E-state index contributed by atoms with van der Waals surface area (Å²) in [4.78, 5) is 4.65. The average molecular weight is 217 g/mol. The molecule has 0 fully saturated rings. The Morgan fingerprint density at radius 1 is 1.38 bits per heavy atom. The number of aromatic nitrogens is 3. The molecule has 0 radical (unpaired) electrons. The Morgan fingerprint density at radius 2 is 2.19 bits per heavy atom. The van der Waals surface area contributed by atoms with E-state index in [4.69, 9.17) is 5.84 Å². The zero-order chi connectivity index (χ0) is 11.1. The van der Waals surface area contributed by atoms with E-state index < -0.39 is 0 Å². The van der Waals surface area contributed by atoms with Crippen molar-refractivity contribution in [3.05, 3.63) is 23.0 Å². The van der Waals surface area contributed by atoms with E-state index in [1.54, 1.807) is 4.52 Å². The van der Waals surface area contributed by atoms with Crippen molar-refractivity contribution in [1.82, 2.24) is 14.6 Å². The predicted molar refractivity (Wildman–Crippen MR) is 62.2 cm³/mol. The van der Waals surface area contributed by atoms with Gasteiger partial charge in [-0.05, 0) is 32.6 Å². The van der Waals surface area contributed by atoms with Crippen molar-refractivity contribution in [3.63, 3.8) is 0 Å². The number of nitrogens with one attached hydrogen (secondary N) is 1. The number of hydrogen-bond donors (Lipinski definition) is 2. The minimum Gasteiger partial charge on any atom is -0.308 e. The molecule has 0 saturated carbocycles. The molecule has 0 unspecified atom stereocenters. The molecule has 0 amide bonds. The molecule has 1 aliphatic carbocycles. The van der Waals surface area contributed by atoms with Gasteiger partial charge < -0.3 is 5.43 Å². The van der Waals surface area contributed by atoms with Gasteiger partial charge in [0.05, 0.1) is 5.69 Å². The Bertz CT molecular complexity index is 543. The number of fused-ring (bicyclic) bond motifs is 2. The highest BCUT2D eigenvalue weighted by Gasteiger charge is 2.18. The first-order valence-electron chi connectivity index (χ1n) is 5.64. The van der Waals surface area contributed by atoms with Crippen LogP contribution in [0.5, 0.6) is 0 Å². The predicted octanol–water partition coefficient (Wildman–Crippen LogP) is 1.20. The number of rotatable bonds is 1. The molecule has 0 spiro atoms. The van der Waals surface area contributed by atoms with Crippen LogP contribution in [0.2, 0.25) is 0 Å². The van der Waals surface area contributed by atoms with Gasteiger partial charge in [0.1, 0.15) is 5.82 Å². The number of nitrogens with zero attached hydrogens (tertiary/aromatic N) is 3. The first-order chi connectivity index (χ1) is 7.79. The van der Waals surface area contributed by atoms with Crippen LogP contribution in [0.1, 0.15) is 29.8 Å². The average Bonchev–Trinajstić information content (AvgIpc) is 2.65. The lowest BCUT2D eigenvalue weighted by atomic mass is 9.96. The van der Waals surface area contributed by atoms with Crippen LogP contribution in [-0.2, 0) is 12.8 Å². The fourth-order valence-electron chi connectivity index (χ4n) is 2.41. The highest BCUT2D eigenvalue weighted by Crippen LogP contribution is 2.27. The lowest BCUT2D eigenvalue weighted by Crippen LogP contribution is -2.18. The van der Waals surface area contributed by atoms with Crippen molar-refractivity contribution in [2.24, 2.45) is 5.84 Å². The third-order valence-corrected chi connectivity index (χ3v) is 3.14. The Morgan fingerprint density at radius 3 is 3.00 bits per heavy atom. The van der Waals surface area contributed by atoms with Gasteiger partial charge >= 0.3 is 0 Å². The molecule has 0 aliphatic heterocycles. The van der Waals surface area contributed by atoms with Gasteiger partial charge in [-0.3, -0.25) is 0 Å². The minimum absolute atomic E-state index is 0.881. The first kappa shape index (κ1) is 9.59. The van der Waals surface area contributed by atoms with E-state index in [-0.39, 0.29) is 0 Å². The Balaban J connectivity index is 2.34. The van der Waals surface area contributed by atoms with Crippen molar-refractivity contribution in [2.75, 3.05) is 5.43 Å². The van der Waals surface area contributed by atoms with Crippen LogP contribution in [0, 0.1) is 6.92 Å². The summed E-state index contributed by atoms with van der Waals surface area (Å²) in [5, 5.41) is 4.40. The Kier molecular flexibility index (Phi) is 2.07. The monoisotopic (exact) mass is 217 g/mol. The van der Waals surface area contributed by atoms with E-state index >= 15 is 0 Å². The van der Waals surface area contributed by atoms with Gasteiger partial charge in [-0.25, -0.2) is 10.8 Å². The number of aryl methyl sites for hydroxylation is 2. The molecule has 2 heterocycles. The molecule has 0 saturated heterocycles. The second-order valence-electron chi connectivity index (χ2n) is 4.29. The van der Waals surface area contributed by atoms with Crippen LogP contribution < -0.4 is 11.3 Å². The Labute approximate surface area is 93.6 Å². The lowest BCUT2D eigenvalue weighted by molar-refractivity contribution is 0.661. The maximum absolute atomic E-state index is 5.61. The van der Waals surface area contributed by atoms with Gasteiger partial charge in [0, 0.05) is 17.3 Å². The third-order valence-electron chi connectivity index (χ3n) is 3.14. The van der Waals surface area contributed by atoms with E-state index in [1.807, 2.05) is 13.0 Å². The van der Waals surface area contributed by atoms with Gasteiger partial charge in [0.15, 0.2) is 5.65 Å². The van der Waals surface area contributed by atoms with Crippen LogP contribution in [-0.4, -0.2) is 14.6 Å². The Hall–Kier alpha value is -1.62. The van der Waals surface area contributed by atoms with Crippen LogP contribution in [0.15, 0.2) is 6.07 Å². The van der Waals surface area contributed by atoms with E-state index in [9.17, 15) is 0 Å². The summed E-state index contributed by atoms with van der Waals surface area (Å²) in [5.41, 5.74) is 7.02. The van der Waals surface area contributed by atoms with Gasteiger partial charge in [-0.2, -0.15) is 9.61 Å². The van der Waals surface area contributed by atoms with Crippen LogP contribution >= 0.6 is 0 Å². The number of nitrogens with two attached hydrogens (primary N) is 1. The fraction of sp³-hybridized carbons (Fsp3) is 0.455. The smallest absolute Gasteiger partial charge is 0.157 e. The molecule has 16 heavy (non-hydrogen) atoms. The number of hydrogen-bond acceptors (Lipinski definition) is 4. The van der Waals surface area contributed by atoms with Crippen molar-refractivity contribution in [3.8, 4) is 0 Å². The number of anilines is 1. The molecule has 2 aromatic rings. The van der Waals surface area contributed by atoms with Crippen molar-refractivity contribution in [2.45, 2.75) is 32.6 Å². The molecule has 0 atom stereocenters. The van der Waals surface area contributed by atoms with Crippen LogP contribution in [0.25, 0.3) is 5.65 Å². The topological polar surface area (TPSA) is 68.2 Å². The van der Waals surface area contributed by atoms with E-state index in [0.29, 0.717) is 0 Å². The van der Waals surface area contributed by atoms with Gasteiger partial charge in [0.25, 0.3) is 0 Å². The molecule has 1 aliphatic rings. The quantitative estimate of drug-likeness (QED) is 0.556. The van der Waals surface area contributed by atoms with Gasteiger partial charge in [0.2, 0.25) is 0 Å². The zero-order valence-corrected chi connectivity index (χ0v) is 9.32. The second kappa shape index (κ2) is 3.45. The largest absolute Gasteiger partial charge is 0.308 e. The van der Waals surface area contributed by atoms with Gasteiger partial charge in [-0.15, -0.1) is 0 Å². The summed E-state index contributed by atoms with van der Waals surface area (Å²) in [6, 6.07) is 1.98. The first-order valence-corrected chi connectivity index (χ1v) is 5.64. The lowest BCUT2D eigenvalue weighted by Gasteiger charge is -2.18. The summed E-state index contributed by atoms with van der Waals surface area (Å²) < 4.78 is 1.81. The molecular weight excluding hydrogens is 202 g/mol.